The third-order valence-corrected chi connectivity index (χ3v) is 7.84. The molecule has 0 aliphatic rings. The number of aromatic nitrogens is 2. The molecule has 4 aromatic rings. The molecule has 24 heavy (non-hydrogen) atoms. The number of hydrogen-bond acceptors (Lipinski definition) is 5. The summed E-state index contributed by atoms with van der Waals surface area (Å²) in [6.45, 7) is 4.44. The number of nitrogens with zero attached hydrogens (tertiary/aromatic N) is 2. The van der Waals surface area contributed by atoms with Gasteiger partial charge in [-0.05, 0) is 46.7 Å². The first kappa shape index (κ1) is 16.0. The van der Waals surface area contributed by atoms with Crippen molar-refractivity contribution in [2.45, 2.75) is 30.4 Å². The molecule has 0 N–H and O–H groups in total. The van der Waals surface area contributed by atoms with Crippen molar-refractivity contribution in [1.29, 1.82) is 0 Å². The van der Waals surface area contributed by atoms with Gasteiger partial charge in [-0.3, -0.25) is 0 Å². The van der Waals surface area contributed by atoms with Crippen molar-refractivity contribution in [3.05, 3.63) is 53.4 Å². The van der Waals surface area contributed by atoms with Crippen LogP contribution in [0.15, 0.2) is 52.1 Å². The fraction of sp³-hybridized carbons (Fsp3) is 0.222. The van der Waals surface area contributed by atoms with Crippen molar-refractivity contribution >= 4 is 54.2 Å². The van der Waals surface area contributed by atoms with Gasteiger partial charge in [0.05, 0.1) is 10.2 Å². The third kappa shape index (κ3) is 3.06. The largest absolute Gasteiger partial charge is 0.443 e. The molecule has 0 aliphatic heterocycles. The molecule has 2 aromatic carbocycles. The van der Waals surface area contributed by atoms with Crippen LogP contribution in [-0.4, -0.2) is 9.97 Å². The van der Waals surface area contributed by atoms with Crippen molar-refractivity contribution in [3.63, 3.8) is 0 Å². The summed E-state index contributed by atoms with van der Waals surface area (Å²) in [5.41, 5.74) is 4.15. The van der Waals surface area contributed by atoms with E-state index >= 15 is 0 Å². The summed E-state index contributed by atoms with van der Waals surface area (Å²) in [5.74, 6) is 1.41. The van der Waals surface area contributed by atoms with Crippen molar-refractivity contribution in [3.8, 4) is 0 Å². The normalized spacial score (nSPS) is 13.9. The third-order valence-electron chi connectivity index (χ3n) is 4.02. The van der Waals surface area contributed by atoms with Gasteiger partial charge in [0.25, 0.3) is 0 Å². The van der Waals surface area contributed by atoms with E-state index in [9.17, 15) is 0 Å². The van der Waals surface area contributed by atoms with Crippen molar-refractivity contribution in [2.75, 3.05) is 0 Å². The second-order valence-electron chi connectivity index (χ2n) is 6.05. The number of hydrogen-bond donors (Lipinski definition) is 2. The quantitative estimate of drug-likeness (QED) is 0.342. The van der Waals surface area contributed by atoms with E-state index in [1.54, 1.807) is 11.3 Å². The fourth-order valence-corrected chi connectivity index (χ4v) is 6.19. The van der Waals surface area contributed by atoms with E-state index in [0.29, 0.717) is 5.92 Å². The predicted molar refractivity (Wildman–Crippen MR) is 108 cm³/mol. The fourth-order valence-electron chi connectivity index (χ4n) is 2.64. The van der Waals surface area contributed by atoms with E-state index in [0.717, 1.165) is 27.4 Å². The summed E-state index contributed by atoms with van der Waals surface area (Å²) in [5, 5.41) is 1.15. The molecule has 1 atom stereocenters. The van der Waals surface area contributed by atoms with Crippen LogP contribution in [0.2, 0.25) is 0 Å². The molecule has 124 valence electrons. The Morgan fingerprint density at radius 3 is 2.88 bits per heavy atom. The first-order valence-electron chi connectivity index (χ1n) is 7.79. The van der Waals surface area contributed by atoms with Crippen molar-refractivity contribution < 1.29 is 4.42 Å². The van der Waals surface area contributed by atoms with Crippen LogP contribution in [0.3, 0.4) is 0 Å². The van der Waals surface area contributed by atoms with Crippen LogP contribution in [0, 0.1) is 0 Å². The highest BCUT2D eigenvalue weighted by atomic mass is 33.1. The van der Waals surface area contributed by atoms with Crippen molar-refractivity contribution in [1.82, 2.24) is 9.97 Å². The second-order valence-corrected chi connectivity index (χ2v) is 10.2. The Bertz CT molecular complexity index is 1010. The molecule has 0 saturated heterocycles. The van der Waals surface area contributed by atoms with Crippen LogP contribution in [0.4, 0.5) is 0 Å². The molecule has 0 bridgehead atoms. The Kier molecular flexibility index (Phi) is 4.28. The lowest BCUT2D eigenvalue weighted by Gasteiger charge is -2.13. The number of benzene rings is 2. The average Bonchev–Trinajstić information content (AvgIpc) is 3.18. The highest BCUT2D eigenvalue weighted by molar-refractivity contribution is 8.77. The minimum Gasteiger partial charge on any atom is -0.443 e. The molecule has 2 aromatic heterocycles. The van der Waals surface area contributed by atoms with Gasteiger partial charge in [-0.15, -0.1) is 23.0 Å². The molecule has 4 rings (SSSR count). The minimum atomic E-state index is -0.603. The Morgan fingerprint density at radius 1 is 1.17 bits per heavy atom. The first-order valence-corrected chi connectivity index (χ1v) is 11.3. The zero-order valence-electron chi connectivity index (χ0n) is 13.4. The van der Waals surface area contributed by atoms with Gasteiger partial charge in [0.15, 0.2) is 12.0 Å². The van der Waals surface area contributed by atoms with E-state index in [-0.39, 0.29) is 0 Å². The van der Waals surface area contributed by atoms with Crippen LogP contribution < -0.4 is 0 Å². The van der Waals surface area contributed by atoms with Crippen LogP contribution in [-0.2, 0) is 5.75 Å². The Balaban J connectivity index is 1.60. The predicted octanol–water partition coefficient (Wildman–Crippen LogP) is 5.97. The molecule has 1 unspecified atom stereocenters. The van der Waals surface area contributed by atoms with Gasteiger partial charge in [-0.25, -0.2) is 9.97 Å². The molecule has 0 aliphatic carbocycles. The van der Waals surface area contributed by atoms with Crippen molar-refractivity contribution in [2.24, 2.45) is 0 Å². The number of thiol groups is 2. The van der Waals surface area contributed by atoms with E-state index in [2.05, 4.69) is 49.2 Å². The number of rotatable bonds is 4. The van der Waals surface area contributed by atoms with E-state index in [4.69, 9.17) is 21.1 Å². The maximum Gasteiger partial charge on any atom is 0.181 e. The molecule has 0 radical (unpaired) electrons. The lowest BCUT2D eigenvalue weighted by molar-refractivity contribution is 0.602. The maximum atomic E-state index is 5.30. The molecular formula is C18H18N2OS3. The Hall–Kier alpha value is -1.50. The molecule has 0 fully saturated rings. The minimum absolute atomic E-state index is 0.538. The van der Waals surface area contributed by atoms with Crippen LogP contribution >= 0.6 is 32.9 Å². The number of fused-ring (bicyclic) bond motifs is 2. The summed E-state index contributed by atoms with van der Waals surface area (Å²) < 4.78 is 6.57. The zero-order chi connectivity index (χ0) is 16.7. The molecule has 2 heterocycles. The monoisotopic (exact) mass is 374 g/mol. The summed E-state index contributed by atoms with van der Waals surface area (Å²) >= 11 is 6.62. The summed E-state index contributed by atoms with van der Waals surface area (Å²) in [4.78, 5) is 10.2. The van der Waals surface area contributed by atoms with Gasteiger partial charge in [-0.2, -0.15) is 9.93 Å². The Morgan fingerprint density at radius 2 is 2.04 bits per heavy atom. The van der Waals surface area contributed by atoms with Gasteiger partial charge in [0, 0.05) is 5.75 Å². The summed E-state index contributed by atoms with van der Waals surface area (Å²) in [7, 11) is -0.603. The van der Waals surface area contributed by atoms with Gasteiger partial charge in [-0.1, -0.05) is 19.9 Å². The lowest BCUT2D eigenvalue weighted by atomic mass is 10.0. The molecule has 0 spiro atoms. The van der Waals surface area contributed by atoms with Gasteiger partial charge in [0.2, 0.25) is 0 Å². The van der Waals surface area contributed by atoms with E-state index < -0.39 is 9.93 Å². The average molecular weight is 375 g/mol. The van der Waals surface area contributed by atoms with E-state index in [1.165, 1.54) is 21.6 Å². The lowest BCUT2D eigenvalue weighted by Crippen LogP contribution is -1.85. The highest BCUT2D eigenvalue weighted by Gasteiger charge is 2.11. The van der Waals surface area contributed by atoms with Gasteiger partial charge in [0.1, 0.15) is 10.5 Å². The molecule has 0 amide bonds. The van der Waals surface area contributed by atoms with Crippen LogP contribution in [0.1, 0.15) is 30.3 Å². The Labute approximate surface area is 152 Å². The smallest absolute Gasteiger partial charge is 0.181 e. The second kappa shape index (κ2) is 6.43. The van der Waals surface area contributed by atoms with Gasteiger partial charge < -0.3 is 4.42 Å². The van der Waals surface area contributed by atoms with Crippen LogP contribution in [0.25, 0.3) is 21.3 Å². The van der Waals surface area contributed by atoms with Crippen LogP contribution in [0.5, 0.6) is 0 Å². The molecule has 3 nitrogen and oxygen atoms in total. The molecule has 6 heteroatoms. The number of oxazole rings is 1. The van der Waals surface area contributed by atoms with Gasteiger partial charge >= 0.3 is 0 Å². The molecule has 0 saturated carbocycles. The summed E-state index contributed by atoms with van der Waals surface area (Å²) in [6, 6.07) is 12.7. The zero-order valence-corrected chi connectivity index (χ0v) is 16.0. The number of thiazole rings is 1. The SMILES string of the molecule is CC(C)c1ccc2nc(C[SH](S)c3ccc4ocnc4c3)sc2c1. The van der Waals surface area contributed by atoms with E-state index in [1.807, 2.05) is 6.07 Å². The standard InChI is InChI=1S/C18H18N2OS3/c1-11(2)12-3-5-14-17(7-12)23-18(20-14)9-24(22)13-4-6-16-15(8-13)19-10-21-16/h3-8,10-11,22,24H,9H2,1-2H3. The maximum absolute atomic E-state index is 5.30. The summed E-state index contributed by atoms with van der Waals surface area (Å²) in [6.07, 6.45) is 1.48. The topological polar surface area (TPSA) is 38.9 Å². The highest BCUT2D eigenvalue weighted by Crippen LogP contribution is 2.45. The first-order chi connectivity index (χ1) is 11.6. The molecular weight excluding hydrogens is 356 g/mol.